The Morgan fingerprint density at radius 3 is 2.74 bits per heavy atom. The summed E-state index contributed by atoms with van der Waals surface area (Å²) in [5.74, 6) is 0.923. The smallest absolute Gasteiger partial charge is 0.127 e. The number of pyridine rings is 1. The average molecular weight is 308 g/mol. The summed E-state index contributed by atoms with van der Waals surface area (Å²) in [7, 11) is 0. The molecule has 2 heterocycles. The second-order valence-corrected chi connectivity index (χ2v) is 6.19. The van der Waals surface area contributed by atoms with Crippen molar-refractivity contribution in [2.24, 2.45) is 0 Å². The number of hydrogen-bond acceptors (Lipinski definition) is 3. The summed E-state index contributed by atoms with van der Waals surface area (Å²) in [4.78, 5) is 4.82. The van der Waals surface area contributed by atoms with E-state index in [4.69, 9.17) is 4.98 Å². The highest BCUT2D eigenvalue weighted by atomic mass is 15.3. The summed E-state index contributed by atoms with van der Waals surface area (Å²) >= 11 is 0. The normalized spacial score (nSPS) is 11.1. The molecule has 0 aliphatic rings. The Bertz CT molecular complexity index is 833. The van der Waals surface area contributed by atoms with E-state index < -0.39 is 0 Å². The van der Waals surface area contributed by atoms with E-state index in [0.717, 1.165) is 30.8 Å². The van der Waals surface area contributed by atoms with Gasteiger partial charge in [-0.05, 0) is 49.9 Å². The molecular formula is C19H24N4. The van der Waals surface area contributed by atoms with Gasteiger partial charge in [0.2, 0.25) is 0 Å². The zero-order valence-corrected chi connectivity index (χ0v) is 14.3. The third kappa shape index (κ3) is 3.21. The standard InChI is InChI=1S/C19H24N4/c1-5-8-23-12-16(11-21-23)10-20-18-9-14(3)17-7-6-13(2)15(4)19(17)22-18/h6-7,9,11-12H,5,8,10H2,1-4H3,(H,20,22). The Labute approximate surface area is 137 Å². The fourth-order valence-electron chi connectivity index (χ4n) is 2.83. The van der Waals surface area contributed by atoms with E-state index in [0.29, 0.717) is 0 Å². The van der Waals surface area contributed by atoms with Crippen LogP contribution in [0.5, 0.6) is 0 Å². The fourth-order valence-corrected chi connectivity index (χ4v) is 2.83. The van der Waals surface area contributed by atoms with Crippen molar-refractivity contribution >= 4 is 16.7 Å². The van der Waals surface area contributed by atoms with Crippen LogP contribution in [-0.4, -0.2) is 14.8 Å². The van der Waals surface area contributed by atoms with Crippen molar-refractivity contribution in [3.05, 3.63) is 52.8 Å². The van der Waals surface area contributed by atoms with Gasteiger partial charge in [0.25, 0.3) is 0 Å². The zero-order chi connectivity index (χ0) is 16.4. The van der Waals surface area contributed by atoms with Gasteiger partial charge in [0.15, 0.2) is 0 Å². The van der Waals surface area contributed by atoms with Crippen LogP contribution in [0.2, 0.25) is 0 Å². The van der Waals surface area contributed by atoms with Crippen LogP contribution in [0.25, 0.3) is 10.9 Å². The van der Waals surface area contributed by atoms with E-state index in [9.17, 15) is 0 Å². The Balaban J connectivity index is 1.83. The third-order valence-electron chi connectivity index (χ3n) is 4.33. The van der Waals surface area contributed by atoms with Gasteiger partial charge in [0.1, 0.15) is 5.82 Å². The lowest BCUT2D eigenvalue weighted by atomic mass is 10.0. The molecule has 0 radical (unpaired) electrons. The molecule has 1 N–H and O–H groups in total. The van der Waals surface area contributed by atoms with Crippen molar-refractivity contribution < 1.29 is 0 Å². The molecular weight excluding hydrogens is 284 g/mol. The summed E-state index contributed by atoms with van der Waals surface area (Å²) in [5, 5.41) is 9.03. The van der Waals surface area contributed by atoms with Crippen molar-refractivity contribution in [1.82, 2.24) is 14.8 Å². The highest BCUT2D eigenvalue weighted by molar-refractivity contribution is 5.87. The van der Waals surface area contributed by atoms with Crippen LogP contribution in [0.4, 0.5) is 5.82 Å². The van der Waals surface area contributed by atoms with E-state index in [1.54, 1.807) is 0 Å². The number of fused-ring (bicyclic) bond motifs is 1. The highest BCUT2D eigenvalue weighted by Crippen LogP contribution is 2.25. The minimum absolute atomic E-state index is 0.743. The van der Waals surface area contributed by atoms with E-state index in [1.165, 1.54) is 27.6 Å². The van der Waals surface area contributed by atoms with E-state index >= 15 is 0 Å². The maximum atomic E-state index is 4.82. The lowest BCUT2D eigenvalue weighted by molar-refractivity contribution is 0.602. The molecule has 23 heavy (non-hydrogen) atoms. The molecule has 0 saturated heterocycles. The van der Waals surface area contributed by atoms with Gasteiger partial charge in [-0.3, -0.25) is 4.68 Å². The Hall–Kier alpha value is -2.36. The Morgan fingerprint density at radius 2 is 1.96 bits per heavy atom. The number of rotatable bonds is 5. The van der Waals surface area contributed by atoms with Gasteiger partial charge in [-0.1, -0.05) is 19.1 Å². The molecule has 0 atom stereocenters. The molecule has 0 aliphatic heterocycles. The number of aromatic nitrogens is 3. The first-order valence-corrected chi connectivity index (χ1v) is 8.21. The molecule has 1 aromatic carbocycles. The van der Waals surface area contributed by atoms with Crippen molar-refractivity contribution in [3.8, 4) is 0 Å². The van der Waals surface area contributed by atoms with Crippen LogP contribution in [0, 0.1) is 20.8 Å². The molecule has 0 spiro atoms. The van der Waals surface area contributed by atoms with Crippen LogP contribution >= 0.6 is 0 Å². The minimum Gasteiger partial charge on any atom is -0.366 e. The molecule has 4 heteroatoms. The number of nitrogens with one attached hydrogen (secondary N) is 1. The molecule has 0 saturated carbocycles. The lowest BCUT2D eigenvalue weighted by Gasteiger charge is -2.11. The predicted molar refractivity (Wildman–Crippen MR) is 95.8 cm³/mol. The Kier molecular flexibility index (Phi) is 4.33. The monoisotopic (exact) mass is 308 g/mol. The number of aryl methyl sites for hydroxylation is 4. The van der Waals surface area contributed by atoms with E-state index in [-0.39, 0.29) is 0 Å². The van der Waals surface area contributed by atoms with Gasteiger partial charge in [0, 0.05) is 30.2 Å². The molecule has 3 aromatic rings. The van der Waals surface area contributed by atoms with Gasteiger partial charge < -0.3 is 5.32 Å². The van der Waals surface area contributed by atoms with Gasteiger partial charge in [-0.15, -0.1) is 0 Å². The highest BCUT2D eigenvalue weighted by Gasteiger charge is 2.07. The minimum atomic E-state index is 0.743. The number of nitrogens with zero attached hydrogens (tertiary/aromatic N) is 3. The van der Waals surface area contributed by atoms with Crippen molar-refractivity contribution in [3.63, 3.8) is 0 Å². The molecule has 3 rings (SSSR count). The first-order chi connectivity index (χ1) is 11.1. The third-order valence-corrected chi connectivity index (χ3v) is 4.33. The molecule has 0 bridgehead atoms. The van der Waals surface area contributed by atoms with Gasteiger partial charge in [-0.25, -0.2) is 4.98 Å². The molecule has 0 aliphatic carbocycles. The summed E-state index contributed by atoms with van der Waals surface area (Å²) in [6, 6.07) is 6.45. The number of anilines is 1. The largest absolute Gasteiger partial charge is 0.366 e. The summed E-state index contributed by atoms with van der Waals surface area (Å²) in [5.41, 5.74) is 6.06. The van der Waals surface area contributed by atoms with E-state index in [2.05, 4.69) is 62.5 Å². The van der Waals surface area contributed by atoms with Gasteiger partial charge >= 0.3 is 0 Å². The zero-order valence-electron chi connectivity index (χ0n) is 14.3. The molecule has 2 aromatic heterocycles. The lowest BCUT2D eigenvalue weighted by Crippen LogP contribution is -2.02. The van der Waals surface area contributed by atoms with Crippen molar-refractivity contribution in [2.45, 2.75) is 47.2 Å². The fraction of sp³-hybridized carbons (Fsp3) is 0.368. The first-order valence-electron chi connectivity index (χ1n) is 8.21. The number of hydrogen-bond donors (Lipinski definition) is 1. The van der Waals surface area contributed by atoms with Crippen LogP contribution < -0.4 is 5.32 Å². The summed E-state index contributed by atoms with van der Waals surface area (Å²) in [6.07, 6.45) is 5.12. The molecule has 0 amide bonds. The van der Waals surface area contributed by atoms with Crippen molar-refractivity contribution in [1.29, 1.82) is 0 Å². The summed E-state index contributed by atoms with van der Waals surface area (Å²) < 4.78 is 1.99. The predicted octanol–water partition coefficient (Wildman–Crippen LogP) is 4.38. The van der Waals surface area contributed by atoms with Gasteiger partial charge in [0.05, 0.1) is 11.7 Å². The topological polar surface area (TPSA) is 42.7 Å². The van der Waals surface area contributed by atoms with Crippen molar-refractivity contribution in [2.75, 3.05) is 5.32 Å². The summed E-state index contributed by atoms with van der Waals surface area (Å²) in [6.45, 7) is 10.3. The SMILES string of the molecule is CCCn1cc(CNc2cc(C)c3ccc(C)c(C)c3n2)cn1. The molecule has 120 valence electrons. The van der Waals surface area contributed by atoms with Crippen LogP contribution in [0.3, 0.4) is 0 Å². The first kappa shape index (κ1) is 15.5. The van der Waals surface area contributed by atoms with Crippen LogP contribution in [-0.2, 0) is 13.1 Å². The average Bonchev–Trinajstić information content (AvgIpc) is 2.97. The maximum Gasteiger partial charge on any atom is 0.127 e. The maximum absolute atomic E-state index is 4.82. The van der Waals surface area contributed by atoms with E-state index in [1.807, 2.05) is 10.9 Å². The molecule has 0 unspecified atom stereocenters. The van der Waals surface area contributed by atoms with Gasteiger partial charge in [-0.2, -0.15) is 5.10 Å². The van der Waals surface area contributed by atoms with Crippen LogP contribution in [0.1, 0.15) is 35.6 Å². The number of benzene rings is 1. The Morgan fingerprint density at radius 1 is 1.13 bits per heavy atom. The van der Waals surface area contributed by atoms with Crippen LogP contribution in [0.15, 0.2) is 30.6 Å². The second-order valence-electron chi connectivity index (χ2n) is 6.19. The molecule has 4 nitrogen and oxygen atoms in total. The molecule has 0 fully saturated rings. The second kappa shape index (κ2) is 6.41. The quantitative estimate of drug-likeness (QED) is 0.760.